The lowest BCUT2D eigenvalue weighted by Crippen LogP contribution is -2.45. The molecule has 4 rings (SSSR count). The number of aromatic nitrogens is 1. The van der Waals surface area contributed by atoms with E-state index in [4.69, 9.17) is 4.98 Å². The van der Waals surface area contributed by atoms with Gasteiger partial charge in [0.1, 0.15) is 11.9 Å². The molecule has 0 atom stereocenters. The van der Waals surface area contributed by atoms with Crippen molar-refractivity contribution in [3.8, 4) is 6.07 Å². The SMILES string of the molecule is N#Cc1cc2c(nc1N1CCC(N3CCCC3=O)CC1)CCCC2. The van der Waals surface area contributed by atoms with Crippen molar-refractivity contribution in [2.24, 2.45) is 0 Å². The smallest absolute Gasteiger partial charge is 0.222 e. The number of fused-ring (bicyclic) bond motifs is 1. The number of hydrogen-bond donors (Lipinski definition) is 0. The van der Waals surface area contributed by atoms with Crippen LogP contribution >= 0.6 is 0 Å². The largest absolute Gasteiger partial charge is 0.355 e. The molecular formula is C19H24N4O. The number of nitrogens with zero attached hydrogens (tertiary/aromatic N) is 4. The van der Waals surface area contributed by atoms with E-state index in [9.17, 15) is 10.1 Å². The highest BCUT2D eigenvalue weighted by atomic mass is 16.2. The van der Waals surface area contributed by atoms with Crippen LogP contribution in [0.1, 0.15) is 55.3 Å². The molecule has 1 amide bonds. The van der Waals surface area contributed by atoms with Crippen LogP contribution in [-0.4, -0.2) is 41.5 Å². The molecule has 5 nitrogen and oxygen atoms in total. The topological polar surface area (TPSA) is 60.2 Å². The molecule has 3 aliphatic rings. The number of anilines is 1. The third kappa shape index (κ3) is 2.75. The first-order valence-electron chi connectivity index (χ1n) is 9.23. The number of carbonyl (C=O) groups is 1. The molecule has 2 saturated heterocycles. The average Bonchev–Trinajstić information content (AvgIpc) is 3.06. The van der Waals surface area contributed by atoms with Crippen LogP contribution in [0.4, 0.5) is 5.82 Å². The monoisotopic (exact) mass is 324 g/mol. The van der Waals surface area contributed by atoms with Crippen molar-refractivity contribution in [3.63, 3.8) is 0 Å². The molecule has 2 fully saturated rings. The molecular weight excluding hydrogens is 300 g/mol. The molecule has 0 N–H and O–H groups in total. The first kappa shape index (κ1) is 15.4. The van der Waals surface area contributed by atoms with Crippen molar-refractivity contribution in [1.29, 1.82) is 5.26 Å². The molecule has 0 aromatic carbocycles. The van der Waals surface area contributed by atoms with E-state index in [1.807, 2.05) is 0 Å². The summed E-state index contributed by atoms with van der Waals surface area (Å²) in [7, 11) is 0. The molecule has 24 heavy (non-hydrogen) atoms. The predicted molar refractivity (Wildman–Crippen MR) is 91.8 cm³/mol. The standard InChI is InChI=1S/C19H24N4O/c20-13-15-12-14-4-1-2-5-17(14)21-19(15)22-10-7-16(8-11-22)23-9-3-6-18(23)24/h12,16H,1-11H2. The van der Waals surface area contributed by atoms with E-state index in [0.717, 1.165) is 57.6 Å². The Bertz CT molecular complexity index is 685. The summed E-state index contributed by atoms with van der Waals surface area (Å²) in [6.45, 7) is 2.69. The minimum atomic E-state index is 0.318. The van der Waals surface area contributed by atoms with E-state index >= 15 is 0 Å². The summed E-state index contributed by atoms with van der Waals surface area (Å²) in [4.78, 5) is 21.1. The van der Waals surface area contributed by atoms with E-state index in [-0.39, 0.29) is 0 Å². The maximum absolute atomic E-state index is 11.9. The molecule has 1 aromatic rings. The van der Waals surface area contributed by atoms with Gasteiger partial charge in [0.05, 0.1) is 5.56 Å². The summed E-state index contributed by atoms with van der Waals surface area (Å²) in [5.41, 5.74) is 3.16. The third-order valence-electron chi connectivity index (χ3n) is 5.72. The van der Waals surface area contributed by atoms with Gasteiger partial charge in [0.2, 0.25) is 5.91 Å². The summed E-state index contributed by atoms with van der Waals surface area (Å²) in [5, 5.41) is 9.54. The lowest BCUT2D eigenvalue weighted by Gasteiger charge is -2.37. The second-order valence-corrected chi connectivity index (χ2v) is 7.19. The zero-order valence-electron chi connectivity index (χ0n) is 14.1. The van der Waals surface area contributed by atoms with Crippen LogP contribution in [0.15, 0.2) is 6.07 Å². The molecule has 0 saturated carbocycles. The van der Waals surface area contributed by atoms with E-state index in [1.54, 1.807) is 0 Å². The Morgan fingerprint density at radius 1 is 1.08 bits per heavy atom. The normalized spacial score (nSPS) is 21.7. The van der Waals surface area contributed by atoms with Gasteiger partial charge in [-0.3, -0.25) is 4.79 Å². The Balaban J connectivity index is 1.51. The van der Waals surface area contributed by atoms with Crippen LogP contribution in [0.5, 0.6) is 0 Å². The highest BCUT2D eigenvalue weighted by Crippen LogP contribution is 2.29. The van der Waals surface area contributed by atoms with E-state index < -0.39 is 0 Å². The number of likely N-dealkylation sites (tertiary alicyclic amines) is 1. The number of pyridine rings is 1. The van der Waals surface area contributed by atoms with Gasteiger partial charge in [-0.1, -0.05) is 0 Å². The number of rotatable bonds is 2. The highest BCUT2D eigenvalue weighted by molar-refractivity contribution is 5.78. The lowest BCUT2D eigenvalue weighted by atomic mass is 9.94. The Hall–Kier alpha value is -2.09. The van der Waals surface area contributed by atoms with Crippen molar-refractivity contribution in [1.82, 2.24) is 9.88 Å². The Morgan fingerprint density at radius 2 is 1.88 bits per heavy atom. The third-order valence-corrected chi connectivity index (χ3v) is 5.72. The number of amides is 1. The summed E-state index contributed by atoms with van der Waals surface area (Å²) < 4.78 is 0. The van der Waals surface area contributed by atoms with Crippen molar-refractivity contribution >= 4 is 11.7 Å². The van der Waals surface area contributed by atoms with Crippen LogP contribution < -0.4 is 4.90 Å². The molecule has 2 aliphatic heterocycles. The molecule has 0 radical (unpaired) electrons. The van der Waals surface area contributed by atoms with Crippen LogP contribution in [0.2, 0.25) is 0 Å². The fraction of sp³-hybridized carbons (Fsp3) is 0.632. The van der Waals surface area contributed by atoms with Crippen molar-refractivity contribution < 1.29 is 4.79 Å². The Morgan fingerprint density at radius 3 is 2.58 bits per heavy atom. The minimum absolute atomic E-state index is 0.318. The maximum Gasteiger partial charge on any atom is 0.222 e. The van der Waals surface area contributed by atoms with Crippen molar-refractivity contribution in [2.75, 3.05) is 24.5 Å². The van der Waals surface area contributed by atoms with E-state index in [1.165, 1.54) is 24.1 Å². The summed E-state index contributed by atoms with van der Waals surface area (Å²) in [6.07, 6.45) is 8.17. The van der Waals surface area contributed by atoms with Crippen LogP contribution in [0.3, 0.4) is 0 Å². The average molecular weight is 324 g/mol. The maximum atomic E-state index is 11.9. The number of aryl methyl sites for hydroxylation is 2. The van der Waals surface area contributed by atoms with Crippen LogP contribution in [-0.2, 0) is 17.6 Å². The molecule has 126 valence electrons. The van der Waals surface area contributed by atoms with Gasteiger partial charge in [0.25, 0.3) is 0 Å². The van der Waals surface area contributed by atoms with Gasteiger partial charge in [0, 0.05) is 37.8 Å². The van der Waals surface area contributed by atoms with Gasteiger partial charge < -0.3 is 9.80 Å². The fourth-order valence-electron chi connectivity index (χ4n) is 4.39. The van der Waals surface area contributed by atoms with Crippen molar-refractivity contribution in [2.45, 2.75) is 57.4 Å². The molecule has 0 spiro atoms. The predicted octanol–water partition coefficient (Wildman–Crippen LogP) is 2.42. The number of nitriles is 1. The fourth-order valence-corrected chi connectivity index (χ4v) is 4.39. The molecule has 1 aromatic heterocycles. The van der Waals surface area contributed by atoms with Gasteiger partial charge >= 0.3 is 0 Å². The van der Waals surface area contributed by atoms with Crippen LogP contribution in [0, 0.1) is 11.3 Å². The zero-order chi connectivity index (χ0) is 16.5. The Kier molecular flexibility index (Phi) is 4.13. The second-order valence-electron chi connectivity index (χ2n) is 7.19. The highest BCUT2D eigenvalue weighted by Gasteiger charge is 2.31. The zero-order valence-corrected chi connectivity index (χ0v) is 14.1. The molecule has 3 heterocycles. The molecule has 0 bridgehead atoms. The number of hydrogen-bond acceptors (Lipinski definition) is 4. The summed E-state index contributed by atoms with van der Waals surface area (Å²) in [5.74, 6) is 1.18. The minimum Gasteiger partial charge on any atom is -0.355 e. The lowest BCUT2D eigenvalue weighted by molar-refractivity contribution is -0.130. The van der Waals surface area contributed by atoms with Crippen molar-refractivity contribution in [3.05, 3.63) is 22.9 Å². The quantitative estimate of drug-likeness (QED) is 0.838. The molecule has 1 aliphatic carbocycles. The van der Waals surface area contributed by atoms with Gasteiger partial charge in [0.15, 0.2) is 0 Å². The first-order chi connectivity index (χ1) is 11.8. The van der Waals surface area contributed by atoms with E-state index in [2.05, 4.69) is 21.9 Å². The van der Waals surface area contributed by atoms with Gasteiger partial charge in [-0.15, -0.1) is 0 Å². The number of piperidine rings is 1. The molecule has 5 heteroatoms. The van der Waals surface area contributed by atoms with Gasteiger partial charge in [-0.05, 0) is 56.6 Å². The number of carbonyl (C=O) groups excluding carboxylic acids is 1. The summed E-state index contributed by atoms with van der Waals surface area (Å²) >= 11 is 0. The summed E-state index contributed by atoms with van der Waals surface area (Å²) in [6, 6.07) is 4.78. The molecule has 0 unspecified atom stereocenters. The Labute approximate surface area is 143 Å². The second kappa shape index (κ2) is 6.43. The van der Waals surface area contributed by atoms with E-state index in [0.29, 0.717) is 23.9 Å². The van der Waals surface area contributed by atoms with Gasteiger partial charge in [-0.2, -0.15) is 5.26 Å². The first-order valence-corrected chi connectivity index (χ1v) is 9.23. The van der Waals surface area contributed by atoms with Crippen LogP contribution in [0.25, 0.3) is 0 Å². The van der Waals surface area contributed by atoms with Gasteiger partial charge in [-0.25, -0.2) is 4.98 Å².